The summed E-state index contributed by atoms with van der Waals surface area (Å²) in [6, 6.07) is 5.56. The summed E-state index contributed by atoms with van der Waals surface area (Å²) in [6.45, 7) is 5.32. The molecule has 0 aliphatic heterocycles. The van der Waals surface area contributed by atoms with Crippen molar-refractivity contribution in [2.24, 2.45) is 5.14 Å². The number of aromatic amines is 1. The maximum absolute atomic E-state index is 12.7. The molecule has 0 saturated heterocycles. The minimum atomic E-state index is -3.77. The largest absolute Gasteiger partial charge is 0.465 e. The SMILES string of the molecule is CCc1[nH]c(C(=O)NC(C)c2ccc(S(N)(=O)=O)cc2)c(C)c1C(=O)OC. The van der Waals surface area contributed by atoms with Crippen LogP contribution < -0.4 is 10.5 Å². The van der Waals surface area contributed by atoms with Crippen molar-refractivity contribution in [2.45, 2.75) is 38.1 Å². The quantitative estimate of drug-likeness (QED) is 0.644. The molecular formula is C18H23N3O5S. The van der Waals surface area contributed by atoms with Crippen LogP contribution >= 0.6 is 0 Å². The van der Waals surface area contributed by atoms with Crippen molar-refractivity contribution in [1.82, 2.24) is 10.3 Å². The van der Waals surface area contributed by atoms with Crippen molar-refractivity contribution >= 4 is 21.9 Å². The number of aryl methyl sites for hydroxylation is 1. The van der Waals surface area contributed by atoms with Gasteiger partial charge in [-0.25, -0.2) is 18.4 Å². The van der Waals surface area contributed by atoms with E-state index in [1.54, 1.807) is 26.0 Å². The molecule has 27 heavy (non-hydrogen) atoms. The normalized spacial score (nSPS) is 12.5. The second kappa shape index (κ2) is 7.93. The summed E-state index contributed by atoms with van der Waals surface area (Å²) >= 11 is 0. The Morgan fingerprint density at radius 2 is 1.85 bits per heavy atom. The summed E-state index contributed by atoms with van der Waals surface area (Å²) < 4.78 is 27.4. The molecular weight excluding hydrogens is 370 g/mol. The van der Waals surface area contributed by atoms with Crippen molar-refractivity contribution in [3.05, 3.63) is 52.3 Å². The molecule has 1 aromatic carbocycles. The van der Waals surface area contributed by atoms with Crippen molar-refractivity contribution in [2.75, 3.05) is 7.11 Å². The number of primary sulfonamides is 1. The number of rotatable bonds is 6. The van der Waals surface area contributed by atoms with E-state index in [1.165, 1.54) is 19.2 Å². The van der Waals surface area contributed by atoms with Crippen LogP contribution in [0.1, 0.15) is 57.6 Å². The number of benzene rings is 1. The Morgan fingerprint density at radius 3 is 2.33 bits per heavy atom. The molecule has 9 heteroatoms. The number of esters is 1. The first kappa shape index (κ1) is 20.7. The topological polar surface area (TPSA) is 131 Å². The van der Waals surface area contributed by atoms with Crippen LogP contribution in [0, 0.1) is 6.92 Å². The molecule has 0 spiro atoms. The van der Waals surface area contributed by atoms with Gasteiger partial charge in [-0.05, 0) is 43.5 Å². The highest BCUT2D eigenvalue weighted by Crippen LogP contribution is 2.22. The summed E-state index contributed by atoms with van der Waals surface area (Å²) in [6.07, 6.45) is 0.545. The third kappa shape index (κ3) is 4.37. The van der Waals surface area contributed by atoms with E-state index in [1.807, 2.05) is 6.92 Å². The maximum atomic E-state index is 12.7. The Bertz CT molecular complexity index is 962. The van der Waals surface area contributed by atoms with Gasteiger partial charge in [0.25, 0.3) is 5.91 Å². The van der Waals surface area contributed by atoms with Gasteiger partial charge in [0.2, 0.25) is 10.0 Å². The lowest BCUT2D eigenvalue weighted by atomic mass is 10.1. The van der Waals surface area contributed by atoms with E-state index in [-0.39, 0.29) is 16.8 Å². The average Bonchev–Trinajstić information content (AvgIpc) is 2.97. The van der Waals surface area contributed by atoms with E-state index < -0.39 is 16.0 Å². The predicted octanol–water partition coefficient (Wildman–Crippen LogP) is 1.81. The monoisotopic (exact) mass is 393 g/mol. The minimum Gasteiger partial charge on any atom is -0.465 e. The summed E-state index contributed by atoms with van der Waals surface area (Å²) in [5.41, 5.74) is 2.53. The van der Waals surface area contributed by atoms with Crippen molar-refractivity contribution in [3.8, 4) is 0 Å². The molecule has 8 nitrogen and oxygen atoms in total. The molecule has 1 atom stereocenters. The molecule has 2 rings (SSSR count). The van der Waals surface area contributed by atoms with Gasteiger partial charge in [-0.2, -0.15) is 0 Å². The highest BCUT2D eigenvalue weighted by molar-refractivity contribution is 7.89. The Morgan fingerprint density at radius 1 is 1.26 bits per heavy atom. The first-order chi connectivity index (χ1) is 12.6. The summed E-state index contributed by atoms with van der Waals surface area (Å²) in [4.78, 5) is 27.6. The molecule has 2 aromatic rings. The highest BCUT2D eigenvalue weighted by atomic mass is 32.2. The summed E-state index contributed by atoms with van der Waals surface area (Å²) in [5.74, 6) is -0.869. The Kier molecular flexibility index (Phi) is 6.07. The molecule has 0 bridgehead atoms. The number of nitrogens with one attached hydrogen (secondary N) is 2. The zero-order valence-corrected chi connectivity index (χ0v) is 16.4. The number of aromatic nitrogens is 1. The fraction of sp³-hybridized carbons (Fsp3) is 0.333. The van der Waals surface area contributed by atoms with Gasteiger partial charge in [0.15, 0.2) is 0 Å². The van der Waals surface area contributed by atoms with E-state index >= 15 is 0 Å². The first-order valence-electron chi connectivity index (χ1n) is 8.33. The fourth-order valence-electron chi connectivity index (χ4n) is 2.83. The number of carbonyl (C=O) groups is 2. The number of hydrogen-bond acceptors (Lipinski definition) is 5. The molecule has 0 aliphatic carbocycles. The van der Waals surface area contributed by atoms with E-state index in [2.05, 4.69) is 10.3 Å². The number of methoxy groups -OCH3 is 1. The summed E-state index contributed by atoms with van der Waals surface area (Å²) in [5, 5.41) is 7.91. The summed E-state index contributed by atoms with van der Waals surface area (Å²) in [7, 11) is -2.48. The van der Waals surface area contributed by atoms with Gasteiger partial charge in [-0.15, -0.1) is 0 Å². The van der Waals surface area contributed by atoms with Crippen LogP contribution in [-0.2, 0) is 21.2 Å². The van der Waals surface area contributed by atoms with Crippen LogP contribution in [0.5, 0.6) is 0 Å². The van der Waals surface area contributed by atoms with Gasteiger partial charge >= 0.3 is 5.97 Å². The van der Waals surface area contributed by atoms with E-state index in [0.29, 0.717) is 34.5 Å². The van der Waals surface area contributed by atoms with Gasteiger partial charge in [0.1, 0.15) is 5.69 Å². The lowest BCUT2D eigenvalue weighted by Gasteiger charge is -2.14. The second-order valence-corrected chi connectivity index (χ2v) is 7.69. The molecule has 0 aliphatic rings. The number of carbonyl (C=O) groups excluding carboxylic acids is 2. The second-order valence-electron chi connectivity index (χ2n) is 6.13. The average molecular weight is 393 g/mol. The van der Waals surface area contributed by atoms with Gasteiger partial charge < -0.3 is 15.0 Å². The molecule has 0 saturated carbocycles. The molecule has 146 valence electrons. The number of H-pyrrole nitrogens is 1. The van der Waals surface area contributed by atoms with Crippen LogP contribution in [0.2, 0.25) is 0 Å². The van der Waals surface area contributed by atoms with Gasteiger partial charge in [0.05, 0.1) is 23.6 Å². The number of sulfonamides is 1. The Hall–Kier alpha value is -2.65. The molecule has 1 unspecified atom stereocenters. The number of nitrogens with two attached hydrogens (primary N) is 1. The minimum absolute atomic E-state index is 0.000274. The molecule has 0 radical (unpaired) electrons. The zero-order chi connectivity index (χ0) is 20.4. The third-order valence-corrected chi connectivity index (χ3v) is 5.28. The lowest BCUT2D eigenvalue weighted by Crippen LogP contribution is -2.27. The first-order valence-corrected chi connectivity index (χ1v) is 9.88. The predicted molar refractivity (Wildman–Crippen MR) is 99.9 cm³/mol. The maximum Gasteiger partial charge on any atom is 0.339 e. The highest BCUT2D eigenvalue weighted by Gasteiger charge is 2.24. The van der Waals surface area contributed by atoms with Crippen molar-refractivity contribution in [1.29, 1.82) is 0 Å². The molecule has 0 fully saturated rings. The standard InChI is InChI=1S/C18H23N3O5S/c1-5-14-15(18(23)26-4)10(2)16(21-14)17(22)20-11(3)12-6-8-13(9-7-12)27(19,24)25/h6-9,11,21H,5H2,1-4H3,(H,20,22)(H2,19,24,25). The smallest absolute Gasteiger partial charge is 0.339 e. The number of amides is 1. The van der Waals surface area contributed by atoms with E-state index in [0.717, 1.165) is 0 Å². The van der Waals surface area contributed by atoms with Crippen LogP contribution in [0.15, 0.2) is 29.2 Å². The zero-order valence-electron chi connectivity index (χ0n) is 15.6. The van der Waals surface area contributed by atoms with Gasteiger partial charge in [-0.3, -0.25) is 4.79 Å². The van der Waals surface area contributed by atoms with Crippen LogP contribution in [0.3, 0.4) is 0 Å². The van der Waals surface area contributed by atoms with Crippen molar-refractivity contribution in [3.63, 3.8) is 0 Å². The van der Waals surface area contributed by atoms with Crippen molar-refractivity contribution < 1.29 is 22.7 Å². The Balaban J connectivity index is 2.24. The number of ether oxygens (including phenoxy) is 1. The molecule has 1 aromatic heterocycles. The molecule has 1 amide bonds. The number of hydrogen-bond donors (Lipinski definition) is 3. The fourth-order valence-corrected chi connectivity index (χ4v) is 3.34. The lowest BCUT2D eigenvalue weighted by molar-refractivity contribution is 0.0599. The molecule has 4 N–H and O–H groups in total. The van der Waals surface area contributed by atoms with E-state index in [4.69, 9.17) is 9.88 Å². The van der Waals surface area contributed by atoms with Crippen LogP contribution in [0.25, 0.3) is 0 Å². The third-order valence-electron chi connectivity index (χ3n) is 4.35. The van der Waals surface area contributed by atoms with Crippen LogP contribution in [0.4, 0.5) is 0 Å². The van der Waals surface area contributed by atoms with Gasteiger partial charge in [0, 0.05) is 5.69 Å². The van der Waals surface area contributed by atoms with Gasteiger partial charge in [-0.1, -0.05) is 19.1 Å². The van der Waals surface area contributed by atoms with Crippen LogP contribution in [-0.4, -0.2) is 32.4 Å². The molecule has 1 heterocycles. The van der Waals surface area contributed by atoms with E-state index in [9.17, 15) is 18.0 Å². The Labute approximate surface area is 158 Å².